The van der Waals surface area contributed by atoms with Gasteiger partial charge in [-0.25, -0.2) is 0 Å². The Morgan fingerprint density at radius 1 is 1.06 bits per heavy atom. The average molecular weight is 523 g/mol. The van der Waals surface area contributed by atoms with Crippen molar-refractivity contribution in [3.05, 3.63) is 52.0 Å². The van der Waals surface area contributed by atoms with Crippen LogP contribution in [0, 0.1) is 5.92 Å². The molecule has 2 aromatic carbocycles. The molecule has 0 bridgehead atoms. The molecule has 0 spiro atoms. The Morgan fingerprint density at radius 2 is 1.78 bits per heavy atom. The van der Waals surface area contributed by atoms with E-state index in [1.807, 2.05) is 18.2 Å². The Bertz CT molecular complexity index is 921. The number of methoxy groups -OCH3 is 1. The number of benzene rings is 2. The van der Waals surface area contributed by atoms with Gasteiger partial charge in [0, 0.05) is 12.1 Å². The second kappa shape index (κ2) is 13.3. The van der Waals surface area contributed by atoms with Gasteiger partial charge in [-0.3, -0.25) is 10.1 Å². The molecule has 174 valence electrons. The first-order chi connectivity index (χ1) is 15.3. The highest BCUT2D eigenvalue weighted by Crippen LogP contribution is 2.28. The van der Waals surface area contributed by atoms with Crippen molar-refractivity contribution in [1.29, 1.82) is 0 Å². The third-order valence-corrected chi connectivity index (χ3v) is 5.38. The van der Waals surface area contributed by atoms with Crippen LogP contribution in [-0.4, -0.2) is 31.3 Å². The average Bonchev–Trinajstić information content (AvgIpc) is 2.77. The van der Waals surface area contributed by atoms with E-state index in [4.69, 9.17) is 26.4 Å². The molecule has 0 unspecified atom stereocenters. The zero-order chi connectivity index (χ0) is 23.5. The standard InChI is InChI=1S/C24H31BrN2O4S/c1-5-11-30-21-8-6-17(13-22(21)29-4)15-26-24(32)27-23(28)18-7-9-20(19(25)14-18)31-12-10-16(2)3/h6-9,13-14,16H,5,10-12,15H2,1-4H3,(H2,26,27,28,32). The van der Waals surface area contributed by atoms with Crippen LogP contribution in [0.3, 0.4) is 0 Å². The summed E-state index contributed by atoms with van der Waals surface area (Å²) in [4.78, 5) is 12.5. The Balaban J connectivity index is 1.89. The first-order valence-corrected chi connectivity index (χ1v) is 11.8. The molecular weight excluding hydrogens is 492 g/mol. The zero-order valence-electron chi connectivity index (χ0n) is 19.0. The van der Waals surface area contributed by atoms with E-state index in [9.17, 15) is 4.79 Å². The van der Waals surface area contributed by atoms with Crippen LogP contribution in [0.1, 0.15) is 49.5 Å². The molecule has 8 heteroatoms. The summed E-state index contributed by atoms with van der Waals surface area (Å²) in [5, 5.41) is 5.99. The van der Waals surface area contributed by atoms with Crippen molar-refractivity contribution in [3.63, 3.8) is 0 Å². The van der Waals surface area contributed by atoms with E-state index in [1.54, 1.807) is 25.3 Å². The van der Waals surface area contributed by atoms with Crippen LogP contribution >= 0.6 is 28.1 Å². The van der Waals surface area contributed by atoms with Gasteiger partial charge in [-0.1, -0.05) is 26.8 Å². The van der Waals surface area contributed by atoms with Gasteiger partial charge in [0.05, 0.1) is 24.8 Å². The van der Waals surface area contributed by atoms with Gasteiger partial charge < -0.3 is 19.5 Å². The Labute approximate surface area is 204 Å². The lowest BCUT2D eigenvalue weighted by Gasteiger charge is -2.14. The van der Waals surface area contributed by atoms with Gasteiger partial charge in [-0.05, 0) is 82.8 Å². The number of carbonyl (C=O) groups is 1. The third-order valence-electron chi connectivity index (χ3n) is 4.52. The SMILES string of the molecule is CCCOc1ccc(CNC(=S)NC(=O)c2ccc(OCCC(C)C)c(Br)c2)cc1OC. The van der Waals surface area contributed by atoms with Gasteiger partial charge in [-0.2, -0.15) is 0 Å². The minimum atomic E-state index is -0.294. The minimum absolute atomic E-state index is 0.244. The minimum Gasteiger partial charge on any atom is -0.493 e. The van der Waals surface area contributed by atoms with Crippen LogP contribution in [0.5, 0.6) is 17.2 Å². The first-order valence-electron chi connectivity index (χ1n) is 10.6. The van der Waals surface area contributed by atoms with Gasteiger partial charge in [0.2, 0.25) is 0 Å². The lowest BCUT2D eigenvalue weighted by molar-refractivity contribution is 0.0976. The molecule has 0 heterocycles. The Kier molecular flexibility index (Phi) is 10.8. The fourth-order valence-electron chi connectivity index (χ4n) is 2.72. The fraction of sp³-hybridized carbons (Fsp3) is 0.417. The molecule has 6 nitrogen and oxygen atoms in total. The Hall–Kier alpha value is -2.32. The normalized spacial score (nSPS) is 10.6. The van der Waals surface area contributed by atoms with E-state index in [-0.39, 0.29) is 11.0 Å². The molecule has 0 radical (unpaired) electrons. The van der Waals surface area contributed by atoms with Crippen LogP contribution in [0.25, 0.3) is 0 Å². The van der Waals surface area contributed by atoms with Crippen LogP contribution in [0.15, 0.2) is 40.9 Å². The van der Waals surface area contributed by atoms with Crippen LogP contribution in [0.2, 0.25) is 0 Å². The molecule has 0 fully saturated rings. The van der Waals surface area contributed by atoms with Crippen molar-refractivity contribution in [2.75, 3.05) is 20.3 Å². The summed E-state index contributed by atoms with van der Waals surface area (Å²) in [6, 6.07) is 10.9. The van der Waals surface area contributed by atoms with E-state index in [0.717, 1.165) is 22.9 Å². The lowest BCUT2D eigenvalue weighted by Crippen LogP contribution is -2.38. The molecule has 2 N–H and O–H groups in total. The Morgan fingerprint density at radius 3 is 2.44 bits per heavy atom. The number of rotatable bonds is 11. The highest BCUT2D eigenvalue weighted by atomic mass is 79.9. The van der Waals surface area contributed by atoms with Gasteiger partial charge in [0.15, 0.2) is 16.6 Å². The maximum absolute atomic E-state index is 12.5. The largest absolute Gasteiger partial charge is 0.493 e. The van der Waals surface area contributed by atoms with Gasteiger partial charge >= 0.3 is 0 Å². The fourth-order valence-corrected chi connectivity index (χ4v) is 3.38. The summed E-state index contributed by atoms with van der Waals surface area (Å²) in [5.41, 5.74) is 1.43. The predicted molar refractivity (Wildman–Crippen MR) is 135 cm³/mol. The summed E-state index contributed by atoms with van der Waals surface area (Å²) in [5.74, 6) is 2.35. The van der Waals surface area contributed by atoms with Crippen molar-refractivity contribution >= 4 is 39.2 Å². The molecule has 2 aromatic rings. The quantitative estimate of drug-likeness (QED) is 0.381. The topological polar surface area (TPSA) is 68.8 Å². The number of nitrogens with one attached hydrogen (secondary N) is 2. The van der Waals surface area contributed by atoms with Crippen molar-refractivity contribution in [2.45, 2.75) is 40.2 Å². The summed E-state index contributed by atoms with van der Waals surface area (Å²) < 4.78 is 17.6. The van der Waals surface area contributed by atoms with E-state index >= 15 is 0 Å². The van der Waals surface area contributed by atoms with E-state index in [0.29, 0.717) is 48.5 Å². The second-order valence-electron chi connectivity index (χ2n) is 7.65. The van der Waals surface area contributed by atoms with Crippen molar-refractivity contribution in [1.82, 2.24) is 10.6 Å². The number of carbonyl (C=O) groups excluding carboxylic acids is 1. The molecule has 0 aliphatic rings. The predicted octanol–water partition coefficient (Wildman–Crippen LogP) is 5.48. The molecule has 2 rings (SSSR count). The van der Waals surface area contributed by atoms with E-state index in [2.05, 4.69) is 47.3 Å². The number of hydrogen-bond acceptors (Lipinski definition) is 5. The molecule has 32 heavy (non-hydrogen) atoms. The molecule has 0 saturated carbocycles. The highest BCUT2D eigenvalue weighted by Gasteiger charge is 2.12. The number of ether oxygens (including phenoxy) is 3. The summed E-state index contributed by atoms with van der Waals surface area (Å²) in [6.07, 6.45) is 1.89. The van der Waals surface area contributed by atoms with E-state index < -0.39 is 0 Å². The number of amides is 1. The zero-order valence-corrected chi connectivity index (χ0v) is 21.4. The van der Waals surface area contributed by atoms with Gasteiger partial charge in [-0.15, -0.1) is 0 Å². The van der Waals surface area contributed by atoms with Crippen molar-refractivity contribution in [2.24, 2.45) is 5.92 Å². The maximum Gasteiger partial charge on any atom is 0.257 e. The third kappa shape index (κ3) is 8.31. The smallest absolute Gasteiger partial charge is 0.257 e. The van der Waals surface area contributed by atoms with Crippen molar-refractivity contribution < 1.29 is 19.0 Å². The van der Waals surface area contributed by atoms with E-state index in [1.165, 1.54) is 0 Å². The molecule has 0 atom stereocenters. The summed E-state index contributed by atoms with van der Waals surface area (Å²) in [6.45, 7) is 8.05. The van der Waals surface area contributed by atoms with Crippen LogP contribution in [0.4, 0.5) is 0 Å². The number of hydrogen-bond donors (Lipinski definition) is 2. The van der Waals surface area contributed by atoms with Crippen LogP contribution in [-0.2, 0) is 6.54 Å². The van der Waals surface area contributed by atoms with Crippen molar-refractivity contribution in [3.8, 4) is 17.2 Å². The molecular formula is C24H31BrN2O4S. The molecule has 0 saturated heterocycles. The monoisotopic (exact) mass is 522 g/mol. The summed E-state index contributed by atoms with van der Waals surface area (Å²) in [7, 11) is 1.61. The lowest BCUT2D eigenvalue weighted by atomic mass is 10.1. The molecule has 1 amide bonds. The number of thiocarbonyl (C=S) groups is 1. The van der Waals surface area contributed by atoms with Gasteiger partial charge in [0.1, 0.15) is 5.75 Å². The van der Waals surface area contributed by atoms with Crippen LogP contribution < -0.4 is 24.8 Å². The summed E-state index contributed by atoms with van der Waals surface area (Å²) >= 11 is 8.75. The first kappa shape index (κ1) is 25.9. The molecule has 0 aliphatic carbocycles. The number of halogens is 1. The molecule has 0 aliphatic heterocycles. The second-order valence-corrected chi connectivity index (χ2v) is 8.91. The maximum atomic E-state index is 12.5. The van der Waals surface area contributed by atoms with Gasteiger partial charge in [0.25, 0.3) is 5.91 Å². The molecule has 0 aromatic heterocycles. The highest BCUT2D eigenvalue weighted by molar-refractivity contribution is 9.10.